The van der Waals surface area contributed by atoms with E-state index in [0.717, 1.165) is 25.9 Å². The van der Waals surface area contributed by atoms with Crippen molar-refractivity contribution in [3.8, 4) is 0 Å². The van der Waals surface area contributed by atoms with Crippen LogP contribution in [0.15, 0.2) is 4.42 Å². The van der Waals surface area contributed by atoms with Crippen molar-refractivity contribution in [1.82, 2.24) is 10.2 Å². The largest absolute Gasteiger partial charge is 0.408 e. The number of aliphatic hydroxyl groups is 1. The highest BCUT2D eigenvalue weighted by Gasteiger charge is 2.23. The number of anilines is 1. The molecule has 3 N–H and O–H groups in total. The minimum atomic E-state index is 0.0757. The van der Waals surface area contributed by atoms with Crippen LogP contribution in [0.2, 0.25) is 0 Å². The lowest BCUT2D eigenvalue weighted by Gasteiger charge is -2.30. The van der Waals surface area contributed by atoms with Gasteiger partial charge in [-0.15, -0.1) is 5.10 Å². The molecule has 0 spiro atoms. The first-order valence-corrected chi connectivity index (χ1v) is 6.33. The molecule has 7 heteroatoms. The summed E-state index contributed by atoms with van der Waals surface area (Å²) in [6.07, 6.45) is 2.66. The van der Waals surface area contributed by atoms with E-state index in [2.05, 4.69) is 15.1 Å². The SMILES string of the molecule is NCCc1nnc(N2CCC(OCCO)CC2)o1. The summed E-state index contributed by atoms with van der Waals surface area (Å²) in [7, 11) is 0. The Kier molecular flexibility index (Phi) is 4.91. The molecule has 0 unspecified atom stereocenters. The van der Waals surface area contributed by atoms with Gasteiger partial charge in [-0.25, -0.2) is 0 Å². The van der Waals surface area contributed by atoms with Crippen LogP contribution < -0.4 is 10.6 Å². The van der Waals surface area contributed by atoms with Gasteiger partial charge in [-0.1, -0.05) is 5.10 Å². The van der Waals surface area contributed by atoms with Crippen molar-refractivity contribution in [3.05, 3.63) is 5.89 Å². The molecule has 18 heavy (non-hydrogen) atoms. The Hall–Kier alpha value is -1.18. The molecule has 0 atom stereocenters. The van der Waals surface area contributed by atoms with E-state index in [1.807, 2.05) is 0 Å². The maximum atomic E-state index is 8.70. The van der Waals surface area contributed by atoms with Crippen molar-refractivity contribution in [2.75, 3.05) is 37.7 Å². The molecule has 7 nitrogen and oxygen atoms in total. The number of nitrogens with two attached hydrogens (primary N) is 1. The Morgan fingerprint density at radius 3 is 2.83 bits per heavy atom. The number of aliphatic hydroxyl groups excluding tert-OH is 1. The maximum absolute atomic E-state index is 8.70. The number of nitrogens with zero attached hydrogens (tertiary/aromatic N) is 3. The first-order valence-electron chi connectivity index (χ1n) is 6.33. The van der Waals surface area contributed by atoms with Gasteiger partial charge in [0.25, 0.3) is 0 Å². The summed E-state index contributed by atoms with van der Waals surface area (Å²) in [5, 5.41) is 16.7. The smallest absolute Gasteiger partial charge is 0.318 e. The molecule has 2 rings (SSSR count). The minimum absolute atomic E-state index is 0.0757. The first kappa shape index (κ1) is 13.3. The maximum Gasteiger partial charge on any atom is 0.318 e. The van der Waals surface area contributed by atoms with E-state index >= 15 is 0 Å². The van der Waals surface area contributed by atoms with Crippen molar-refractivity contribution in [1.29, 1.82) is 0 Å². The fraction of sp³-hybridized carbons (Fsp3) is 0.818. The van der Waals surface area contributed by atoms with Gasteiger partial charge in [-0.3, -0.25) is 0 Å². The third-order valence-electron chi connectivity index (χ3n) is 2.97. The summed E-state index contributed by atoms with van der Waals surface area (Å²) in [5.41, 5.74) is 5.43. The molecule has 0 aromatic carbocycles. The van der Waals surface area contributed by atoms with Gasteiger partial charge in [0.2, 0.25) is 5.89 Å². The summed E-state index contributed by atoms with van der Waals surface area (Å²) < 4.78 is 11.0. The van der Waals surface area contributed by atoms with E-state index in [9.17, 15) is 0 Å². The monoisotopic (exact) mass is 256 g/mol. The van der Waals surface area contributed by atoms with Crippen LogP contribution in [0.1, 0.15) is 18.7 Å². The van der Waals surface area contributed by atoms with Crippen molar-refractivity contribution < 1.29 is 14.3 Å². The lowest BCUT2D eigenvalue weighted by atomic mass is 10.1. The number of hydrogen-bond donors (Lipinski definition) is 2. The summed E-state index contributed by atoms with van der Waals surface area (Å²) in [6, 6.07) is 0.569. The molecule has 1 aliphatic heterocycles. The van der Waals surface area contributed by atoms with E-state index in [4.69, 9.17) is 20.0 Å². The van der Waals surface area contributed by atoms with Gasteiger partial charge in [0, 0.05) is 26.1 Å². The fourth-order valence-electron chi connectivity index (χ4n) is 2.03. The van der Waals surface area contributed by atoms with Crippen LogP contribution in [0.25, 0.3) is 0 Å². The van der Waals surface area contributed by atoms with Crippen molar-refractivity contribution in [2.45, 2.75) is 25.4 Å². The number of ether oxygens (including phenoxy) is 1. The second-order valence-electron chi connectivity index (χ2n) is 4.30. The van der Waals surface area contributed by atoms with E-state index in [0.29, 0.717) is 31.5 Å². The Morgan fingerprint density at radius 2 is 2.17 bits per heavy atom. The summed E-state index contributed by atoms with van der Waals surface area (Å²) in [4.78, 5) is 2.06. The molecule has 0 saturated carbocycles. The quantitative estimate of drug-likeness (QED) is 0.711. The highest BCUT2D eigenvalue weighted by atomic mass is 16.5. The molecule has 1 fully saturated rings. The lowest BCUT2D eigenvalue weighted by molar-refractivity contribution is 0.0154. The van der Waals surface area contributed by atoms with Gasteiger partial charge in [0.05, 0.1) is 19.3 Å². The summed E-state index contributed by atoms with van der Waals surface area (Å²) in [5.74, 6) is 0.589. The van der Waals surface area contributed by atoms with E-state index in [1.54, 1.807) is 0 Å². The Labute approximate surface area is 106 Å². The zero-order chi connectivity index (χ0) is 12.8. The highest BCUT2D eigenvalue weighted by molar-refractivity contribution is 5.24. The molecule has 0 bridgehead atoms. The molecule has 1 aromatic heterocycles. The van der Waals surface area contributed by atoms with Crippen molar-refractivity contribution in [2.24, 2.45) is 5.73 Å². The van der Waals surface area contributed by atoms with Crippen LogP contribution in [0, 0.1) is 0 Å². The van der Waals surface area contributed by atoms with E-state index in [1.165, 1.54) is 0 Å². The Morgan fingerprint density at radius 1 is 1.39 bits per heavy atom. The van der Waals surface area contributed by atoms with Crippen LogP contribution in [-0.4, -0.2) is 54.3 Å². The average molecular weight is 256 g/mol. The average Bonchev–Trinajstić information content (AvgIpc) is 2.86. The number of hydrogen-bond acceptors (Lipinski definition) is 7. The van der Waals surface area contributed by atoms with Crippen LogP contribution >= 0.6 is 0 Å². The van der Waals surface area contributed by atoms with Gasteiger partial charge in [-0.05, 0) is 12.8 Å². The molecule has 0 amide bonds. The van der Waals surface area contributed by atoms with E-state index in [-0.39, 0.29) is 12.7 Å². The van der Waals surface area contributed by atoms with Crippen molar-refractivity contribution in [3.63, 3.8) is 0 Å². The first-order chi connectivity index (χ1) is 8.83. The van der Waals surface area contributed by atoms with Crippen LogP contribution in [-0.2, 0) is 11.2 Å². The Bertz CT molecular complexity index is 350. The van der Waals surface area contributed by atoms with Gasteiger partial charge in [-0.2, -0.15) is 0 Å². The fourth-order valence-corrected chi connectivity index (χ4v) is 2.03. The summed E-state index contributed by atoms with van der Waals surface area (Å²) >= 11 is 0. The number of aromatic nitrogens is 2. The molecular weight excluding hydrogens is 236 g/mol. The normalized spacial score (nSPS) is 17.3. The second-order valence-corrected chi connectivity index (χ2v) is 4.30. The predicted molar refractivity (Wildman–Crippen MR) is 65.3 cm³/mol. The van der Waals surface area contributed by atoms with E-state index < -0.39 is 0 Å². The zero-order valence-corrected chi connectivity index (χ0v) is 10.4. The highest BCUT2D eigenvalue weighted by Crippen LogP contribution is 2.20. The molecule has 2 heterocycles. The Balaban J connectivity index is 1.81. The summed E-state index contributed by atoms with van der Waals surface area (Å²) in [6.45, 7) is 2.66. The molecule has 1 aliphatic rings. The zero-order valence-electron chi connectivity index (χ0n) is 10.4. The number of rotatable bonds is 6. The van der Waals surface area contributed by atoms with Crippen LogP contribution in [0.5, 0.6) is 0 Å². The molecule has 102 valence electrons. The molecular formula is C11H20N4O3. The third kappa shape index (κ3) is 3.41. The second kappa shape index (κ2) is 6.67. The molecule has 0 aliphatic carbocycles. The third-order valence-corrected chi connectivity index (χ3v) is 2.97. The lowest BCUT2D eigenvalue weighted by Crippen LogP contribution is -2.37. The van der Waals surface area contributed by atoms with Gasteiger partial charge in [0.15, 0.2) is 0 Å². The topological polar surface area (TPSA) is 97.6 Å². The molecule has 1 saturated heterocycles. The van der Waals surface area contributed by atoms with Crippen LogP contribution in [0.3, 0.4) is 0 Å². The minimum Gasteiger partial charge on any atom is -0.408 e. The van der Waals surface area contributed by atoms with Crippen LogP contribution in [0.4, 0.5) is 6.01 Å². The standard InChI is InChI=1S/C11H20N4O3/c12-4-1-10-13-14-11(18-10)15-5-2-9(3-6-15)17-8-7-16/h9,16H,1-8,12H2. The van der Waals surface area contributed by atoms with Crippen molar-refractivity contribution >= 4 is 6.01 Å². The predicted octanol–water partition coefficient (Wildman–Crippen LogP) is -0.451. The van der Waals surface area contributed by atoms with Gasteiger partial charge in [0.1, 0.15) is 0 Å². The van der Waals surface area contributed by atoms with Gasteiger partial charge >= 0.3 is 6.01 Å². The molecule has 0 radical (unpaired) electrons. The number of piperidine rings is 1. The van der Waals surface area contributed by atoms with Gasteiger partial charge < -0.3 is 24.9 Å². The molecule has 1 aromatic rings.